The van der Waals surface area contributed by atoms with Crippen LogP contribution in [0.1, 0.15) is 0 Å². The van der Waals surface area contributed by atoms with Gasteiger partial charge in [-0.3, -0.25) is 0 Å². The minimum atomic E-state index is 0.674. The number of aromatic nitrogens is 3. The summed E-state index contributed by atoms with van der Waals surface area (Å²) >= 11 is 0. The zero-order chi connectivity index (χ0) is 35.1. The molecule has 0 saturated heterocycles. The zero-order valence-electron chi connectivity index (χ0n) is 28.6. The molecule has 0 fully saturated rings. The quantitative estimate of drug-likeness (QED) is 0.176. The SMILES string of the molecule is c1ccc(-c2cccc(-c3cc(-c4ccccc4)nc(-c4cccc(-c5ccc6oc7c(-c8ccccc8)nc8ccccc8c7c6c5)c4)n3)c2)cc1. The highest BCUT2D eigenvalue weighted by atomic mass is 16.3. The van der Waals surface area contributed by atoms with E-state index in [9.17, 15) is 0 Å². The second-order valence-electron chi connectivity index (χ2n) is 13.2. The van der Waals surface area contributed by atoms with Gasteiger partial charge in [0.2, 0.25) is 0 Å². The van der Waals surface area contributed by atoms with Crippen LogP contribution in [0.15, 0.2) is 192 Å². The van der Waals surface area contributed by atoms with E-state index < -0.39 is 0 Å². The molecule has 0 aliphatic rings. The molecule has 0 aliphatic carbocycles. The number of nitrogens with zero attached hydrogens (tertiary/aromatic N) is 3. The Kier molecular flexibility index (Phi) is 7.43. The fraction of sp³-hybridized carbons (Fsp3) is 0. The van der Waals surface area contributed by atoms with Gasteiger partial charge in [-0.15, -0.1) is 0 Å². The summed E-state index contributed by atoms with van der Waals surface area (Å²) in [6, 6.07) is 65.0. The van der Waals surface area contributed by atoms with Gasteiger partial charge < -0.3 is 4.42 Å². The molecule has 0 unspecified atom stereocenters. The Hall–Kier alpha value is -7.17. The largest absolute Gasteiger partial charge is 0.454 e. The maximum Gasteiger partial charge on any atom is 0.162 e. The molecule has 10 aromatic rings. The third-order valence-electron chi connectivity index (χ3n) is 9.87. The monoisotopic (exact) mass is 677 g/mol. The van der Waals surface area contributed by atoms with Crippen molar-refractivity contribution in [1.29, 1.82) is 0 Å². The van der Waals surface area contributed by atoms with Crippen LogP contribution >= 0.6 is 0 Å². The number of pyridine rings is 1. The first kappa shape index (κ1) is 30.6. The van der Waals surface area contributed by atoms with Crippen LogP contribution in [0.25, 0.3) is 100 Å². The molecule has 3 heterocycles. The molecule has 0 aliphatic heterocycles. The van der Waals surface area contributed by atoms with Crippen LogP contribution in [0.2, 0.25) is 0 Å². The average molecular weight is 678 g/mol. The second kappa shape index (κ2) is 12.9. The van der Waals surface area contributed by atoms with Crippen molar-refractivity contribution in [2.45, 2.75) is 0 Å². The predicted octanol–water partition coefficient (Wildman–Crippen LogP) is 12.9. The average Bonchev–Trinajstić information content (AvgIpc) is 3.64. The molecule has 0 atom stereocenters. The summed E-state index contributed by atoms with van der Waals surface area (Å²) in [6.07, 6.45) is 0. The van der Waals surface area contributed by atoms with E-state index in [-0.39, 0.29) is 0 Å². The van der Waals surface area contributed by atoms with E-state index in [1.165, 1.54) is 5.56 Å². The van der Waals surface area contributed by atoms with Gasteiger partial charge in [-0.25, -0.2) is 15.0 Å². The molecular weight excluding hydrogens is 647 g/mol. The number of benzene rings is 7. The van der Waals surface area contributed by atoms with Crippen molar-refractivity contribution in [1.82, 2.24) is 15.0 Å². The summed E-state index contributed by atoms with van der Waals surface area (Å²) in [5.74, 6) is 0.674. The molecule has 53 heavy (non-hydrogen) atoms. The van der Waals surface area contributed by atoms with E-state index >= 15 is 0 Å². The minimum Gasteiger partial charge on any atom is -0.454 e. The Balaban J connectivity index is 1.11. The van der Waals surface area contributed by atoms with E-state index in [1.807, 2.05) is 48.5 Å². The van der Waals surface area contributed by atoms with Crippen LogP contribution in [-0.2, 0) is 0 Å². The van der Waals surface area contributed by atoms with Crippen molar-refractivity contribution in [2.24, 2.45) is 0 Å². The molecule has 10 rings (SSSR count). The van der Waals surface area contributed by atoms with Crippen molar-refractivity contribution in [3.05, 3.63) is 188 Å². The normalized spacial score (nSPS) is 11.4. The van der Waals surface area contributed by atoms with Gasteiger partial charge in [-0.2, -0.15) is 0 Å². The standard InChI is InChI=1S/C49H31N3O/c1-4-14-32(15-5-1)35-20-12-22-38(28-35)44-31-43(33-16-6-2-7-17-33)51-49(52-44)39-23-13-21-36(29-39)37-26-27-45-41(30-37)46-40-24-10-11-25-42(40)50-47(48(46)53-45)34-18-8-3-9-19-34/h1-31H. The molecule has 0 amide bonds. The summed E-state index contributed by atoms with van der Waals surface area (Å²) in [7, 11) is 0. The molecule has 0 bridgehead atoms. The number of rotatable bonds is 6. The lowest BCUT2D eigenvalue weighted by atomic mass is 9.98. The third kappa shape index (κ3) is 5.63. The van der Waals surface area contributed by atoms with E-state index in [4.69, 9.17) is 19.4 Å². The van der Waals surface area contributed by atoms with Crippen LogP contribution in [0, 0.1) is 0 Å². The van der Waals surface area contributed by atoms with Crippen LogP contribution < -0.4 is 0 Å². The van der Waals surface area contributed by atoms with Gasteiger partial charge in [-0.1, -0.05) is 152 Å². The van der Waals surface area contributed by atoms with Crippen molar-refractivity contribution < 1.29 is 4.42 Å². The Bertz CT molecular complexity index is 2940. The molecule has 0 N–H and O–H groups in total. The van der Waals surface area contributed by atoms with Crippen molar-refractivity contribution >= 4 is 32.8 Å². The second-order valence-corrected chi connectivity index (χ2v) is 13.2. The molecule has 0 saturated carbocycles. The van der Waals surface area contributed by atoms with Crippen LogP contribution in [0.5, 0.6) is 0 Å². The van der Waals surface area contributed by atoms with E-state index in [0.29, 0.717) is 5.82 Å². The van der Waals surface area contributed by atoms with E-state index in [2.05, 4.69) is 140 Å². The van der Waals surface area contributed by atoms with Gasteiger partial charge in [0.05, 0.1) is 16.9 Å². The Labute approximate surface area is 306 Å². The maximum absolute atomic E-state index is 6.59. The van der Waals surface area contributed by atoms with Gasteiger partial charge in [0, 0.05) is 38.4 Å². The number of hydrogen-bond donors (Lipinski definition) is 0. The van der Waals surface area contributed by atoms with Crippen LogP contribution in [0.4, 0.5) is 0 Å². The van der Waals surface area contributed by atoms with Gasteiger partial charge >= 0.3 is 0 Å². The molecule has 4 nitrogen and oxygen atoms in total. The lowest BCUT2D eigenvalue weighted by Crippen LogP contribution is -1.96. The van der Waals surface area contributed by atoms with Crippen LogP contribution in [0.3, 0.4) is 0 Å². The Morgan fingerprint density at radius 3 is 1.64 bits per heavy atom. The first-order valence-corrected chi connectivity index (χ1v) is 17.8. The number of furan rings is 1. The smallest absolute Gasteiger partial charge is 0.162 e. The highest BCUT2D eigenvalue weighted by molar-refractivity contribution is 6.21. The lowest BCUT2D eigenvalue weighted by Gasteiger charge is -2.11. The maximum atomic E-state index is 6.59. The fourth-order valence-corrected chi connectivity index (χ4v) is 7.26. The number of para-hydroxylation sites is 1. The highest BCUT2D eigenvalue weighted by Crippen LogP contribution is 2.41. The van der Waals surface area contributed by atoms with E-state index in [0.717, 1.165) is 88.9 Å². The Morgan fingerprint density at radius 1 is 0.340 bits per heavy atom. The summed E-state index contributed by atoms with van der Waals surface area (Å²) in [5, 5.41) is 3.20. The molecule has 3 aromatic heterocycles. The van der Waals surface area contributed by atoms with Crippen molar-refractivity contribution in [3.8, 4) is 67.4 Å². The summed E-state index contributed by atoms with van der Waals surface area (Å²) in [6.45, 7) is 0. The van der Waals surface area contributed by atoms with Gasteiger partial charge in [-0.05, 0) is 58.7 Å². The van der Waals surface area contributed by atoms with Gasteiger partial charge in [0.25, 0.3) is 0 Å². The van der Waals surface area contributed by atoms with Crippen molar-refractivity contribution in [2.75, 3.05) is 0 Å². The molecule has 7 aromatic carbocycles. The molecule has 0 radical (unpaired) electrons. The molecule has 0 spiro atoms. The summed E-state index contributed by atoms with van der Waals surface area (Å²) < 4.78 is 6.59. The molecular formula is C49H31N3O. The summed E-state index contributed by atoms with van der Waals surface area (Å²) in [5.41, 5.74) is 13.7. The van der Waals surface area contributed by atoms with Crippen molar-refractivity contribution in [3.63, 3.8) is 0 Å². The number of hydrogen-bond acceptors (Lipinski definition) is 4. The van der Waals surface area contributed by atoms with Gasteiger partial charge in [0.1, 0.15) is 11.3 Å². The zero-order valence-corrected chi connectivity index (χ0v) is 28.6. The lowest BCUT2D eigenvalue weighted by molar-refractivity contribution is 0.669. The van der Waals surface area contributed by atoms with E-state index in [1.54, 1.807) is 0 Å². The fourth-order valence-electron chi connectivity index (χ4n) is 7.26. The van der Waals surface area contributed by atoms with Crippen LogP contribution in [-0.4, -0.2) is 15.0 Å². The topological polar surface area (TPSA) is 51.8 Å². The minimum absolute atomic E-state index is 0.674. The molecule has 4 heteroatoms. The highest BCUT2D eigenvalue weighted by Gasteiger charge is 2.19. The number of fused-ring (bicyclic) bond motifs is 5. The first-order chi connectivity index (χ1) is 26.2. The predicted molar refractivity (Wildman–Crippen MR) is 217 cm³/mol. The molecule has 248 valence electrons. The first-order valence-electron chi connectivity index (χ1n) is 17.8. The third-order valence-corrected chi connectivity index (χ3v) is 9.87. The Morgan fingerprint density at radius 2 is 0.887 bits per heavy atom. The van der Waals surface area contributed by atoms with Gasteiger partial charge in [0.15, 0.2) is 11.4 Å². The summed E-state index contributed by atoms with van der Waals surface area (Å²) in [4.78, 5) is 15.4.